The Morgan fingerprint density at radius 2 is 1.70 bits per heavy atom. The molecule has 0 unspecified atom stereocenters. The normalized spacial score (nSPS) is 7.30. The van der Waals surface area contributed by atoms with Crippen LogP contribution in [0.15, 0.2) is 30.3 Å². The fourth-order valence-corrected chi connectivity index (χ4v) is 0.534. The maximum Gasteiger partial charge on any atom is 0.0588 e. The predicted molar refractivity (Wildman–Crippen MR) is 49.0 cm³/mol. The van der Waals surface area contributed by atoms with Crippen molar-refractivity contribution in [2.75, 3.05) is 0 Å². The van der Waals surface area contributed by atoms with E-state index in [1.54, 1.807) is 0 Å². The van der Waals surface area contributed by atoms with Crippen LogP contribution in [0, 0.1) is 6.92 Å². The van der Waals surface area contributed by atoms with E-state index in [0.29, 0.717) is 0 Å². The summed E-state index contributed by atoms with van der Waals surface area (Å²) in [6, 6.07) is 10.3. The Morgan fingerprint density at radius 3 is 1.90 bits per heavy atom. The SMILES string of the molecule is Cc1ccccc1.NC=S. The fraction of sp³-hybridized carbons (Fsp3) is 0.125. The van der Waals surface area contributed by atoms with E-state index < -0.39 is 0 Å². The van der Waals surface area contributed by atoms with Crippen molar-refractivity contribution in [2.45, 2.75) is 6.92 Å². The van der Waals surface area contributed by atoms with E-state index in [2.05, 4.69) is 37.0 Å². The van der Waals surface area contributed by atoms with Crippen LogP contribution in [0.1, 0.15) is 5.56 Å². The minimum absolute atomic E-state index is 1.08. The Morgan fingerprint density at radius 1 is 1.30 bits per heavy atom. The lowest BCUT2D eigenvalue weighted by Crippen LogP contribution is -1.79. The van der Waals surface area contributed by atoms with Gasteiger partial charge in [0.25, 0.3) is 0 Å². The molecule has 1 aromatic carbocycles. The number of rotatable bonds is 0. The van der Waals surface area contributed by atoms with Crippen molar-refractivity contribution in [3.8, 4) is 0 Å². The average Bonchev–Trinajstić information content (AvgIpc) is 1.91. The molecule has 0 aliphatic rings. The summed E-state index contributed by atoms with van der Waals surface area (Å²) >= 11 is 4.05. The highest BCUT2D eigenvalue weighted by Crippen LogP contribution is 1.92. The van der Waals surface area contributed by atoms with Crippen molar-refractivity contribution in [1.82, 2.24) is 0 Å². The average molecular weight is 153 g/mol. The summed E-state index contributed by atoms with van der Waals surface area (Å²) in [5.74, 6) is 0. The van der Waals surface area contributed by atoms with Crippen LogP contribution in [0.4, 0.5) is 0 Å². The van der Waals surface area contributed by atoms with Crippen molar-refractivity contribution in [1.29, 1.82) is 0 Å². The molecule has 0 saturated carbocycles. The summed E-state index contributed by atoms with van der Waals surface area (Å²) < 4.78 is 0. The monoisotopic (exact) mass is 153 g/mol. The van der Waals surface area contributed by atoms with Crippen LogP contribution in [0.5, 0.6) is 0 Å². The van der Waals surface area contributed by atoms with Gasteiger partial charge < -0.3 is 5.73 Å². The van der Waals surface area contributed by atoms with Crippen LogP contribution in [0.3, 0.4) is 0 Å². The van der Waals surface area contributed by atoms with Gasteiger partial charge in [0.1, 0.15) is 0 Å². The highest BCUT2D eigenvalue weighted by atomic mass is 32.1. The quantitative estimate of drug-likeness (QED) is 0.576. The van der Waals surface area contributed by atoms with Gasteiger partial charge in [0.2, 0.25) is 0 Å². The number of thiocarbonyl (C=S) groups is 1. The fourth-order valence-electron chi connectivity index (χ4n) is 0.534. The molecule has 0 fully saturated rings. The molecule has 0 radical (unpaired) electrons. The minimum Gasteiger partial charge on any atom is -0.396 e. The number of hydrogen-bond donors (Lipinski definition) is 1. The van der Waals surface area contributed by atoms with Crippen molar-refractivity contribution < 1.29 is 0 Å². The molecule has 54 valence electrons. The van der Waals surface area contributed by atoms with Gasteiger partial charge >= 0.3 is 0 Å². The summed E-state index contributed by atoms with van der Waals surface area (Å²) in [6.45, 7) is 2.08. The maximum atomic E-state index is 4.54. The number of aryl methyl sites for hydroxylation is 1. The van der Waals surface area contributed by atoms with E-state index in [1.807, 2.05) is 18.2 Å². The molecular weight excluding hydrogens is 142 g/mol. The molecule has 0 aliphatic carbocycles. The second-order valence-electron chi connectivity index (χ2n) is 1.79. The predicted octanol–water partition coefficient (Wildman–Crippen LogP) is 1.90. The Kier molecular flexibility index (Phi) is 5.68. The first-order valence-corrected chi connectivity index (χ1v) is 3.45. The highest BCUT2D eigenvalue weighted by Gasteiger charge is 1.72. The third kappa shape index (κ3) is 5.25. The molecule has 0 saturated heterocycles. The maximum absolute atomic E-state index is 4.54. The molecule has 0 heterocycles. The van der Waals surface area contributed by atoms with Crippen molar-refractivity contribution >= 4 is 17.7 Å². The first-order valence-electron chi connectivity index (χ1n) is 2.98. The second-order valence-corrected chi connectivity index (χ2v) is 2.06. The number of nitrogens with two attached hydrogens (primary N) is 1. The van der Waals surface area contributed by atoms with E-state index in [1.165, 1.54) is 5.56 Å². The molecule has 0 aliphatic heterocycles. The van der Waals surface area contributed by atoms with E-state index in [4.69, 9.17) is 0 Å². The summed E-state index contributed by atoms with van der Waals surface area (Å²) in [5.41, 5.74) is 6.94. The number of benzene rings is 1. The first kappa shape index (κ1) is 9.11. The molecule has 0 aromatic heterocycles. The van der Waals surface area contributed by atoms with Gasteiger partial charge in [-0.25, -0.2) is 0 Å². The van der Waals surface area contributed by atoms with Gasteiger partial charge in [0.15, 0.2) is 0 Å². The zero-order valence-corrected chi connectivity index (χ0v) is 6.77. The summed E-state index contributed by atoms with van der Waals surface area (Å²) in [4.78, 5) is 0. The smallest absolute Gasteiger partial charge is 0.0588 e. The molecule has 0 amide bonds. The summed E-state index contributed by atoms with van der Waals surface area (Å²) in [5, 5.41) is 0. The van der Waals surface area contributed by atoms with Crippen LogP contribution < -0.4 is 5.73 Å². The molecule has 0 spiro atoms. The Labute approximate surface area is 66.9 Å². The molecule has 10 heavy (non-hydrogen) atoms. The zero-order valence-electron chi connectivity index (χ0n) is 5.95. The standard InChI is InChI=1S/C7H8.CH3NS/c1-7-5-3-2-4-6-7;2-1-3/h2-6H,1H3;1H,(H2,2,3). The van der Waals surface area contributed by atoms with Gasteiger partial charge in [0, 0.05) is 0 Å². The van der Waals surface area contributed by atoms with Crippen LogP contribution in [0.2, 0.25) is 0 Å². The van der Waals surface area contributed by atoms with Gasteiger partial charge in [-0.1, -0.05) is 48.1 Å². The molecular formula is C8H11NS. The van der Waals surface area contributed by atoms with Crippen LogP contribution in [-0.2, 0) is 0 Å². The molecule has 1 nitrogen and oxygen atoms in total. The number of hydrogen-bond acceptors (Lipinski definition) is 1. The zero-order chi connectivity index (χ0) is 7.82. The summed E-state index contributed by atoms with van der Waals surface area (Å²) in [6.07, 6.45) is 0. The van der Waals surface area contributed by atoms with Gasteiger partial charge in [-0.15, -0.1) is 0 Å². The first-order chi connectivity index (χ1) is 4.81. The van der Waals surface area contributed by atoms with Gasteiger partial charge in [0.05, 0.1) is 5.49 Å². The molecule has 2 heteroatoms. The lowest BCUT2D eigenvalue weighted by molar-refractivity contribution is 1.48. The third-order valence-corrected chi connectivity index (χ3v) is 0.940. The molecule has 1 rings (SSSR count). The minimum atomic E-state index is 1.08. The largest absolute Gasteiger partial charge is 0.396 e. The molecule has 0 atom stereocenters. The topological polar surface area (TPSA) is 26.0 Å². The van der Waals surface area contributed by atoms with E-state index in [0.717, 1.165) is 5.49 Å². The van der Waals surface area contributed by atoms with Crippen molar-refractivity contribution in [3.05, 3.63) is 35.9 Å². The van der Waals surface area contributed by atoms with E-state index >= 15 is 0 Å². The van der Waals surface area contributed by atoms with Crippen LogP contribution >= 0.6 is 12.2 Å². The van der Waals surface area contributed by atoms with Gasteiger partial charge in [-0.05, 0) is 6.92 Å². The van der Waals surface area contributed by atoms with Crippen molar-refractivity contribution in [3.63, 3.8) is 0 Å². The molecule has 1 aromatic rings. The molecule has 0 bridgehead atoms. The second kappa shape index (κ2) is 6.23. The van der Waals surface area contributed by atoms with E-state index in [-0.39, 0.29) is 0 Å². The van der Waals surface area contributed by atoms with Crippen LogP contribution in [0.25, 0.3) is 0 Å². The third-order valence-electron chi connectivity index (χ3n) is 0.940. The molecule has 2 N–H and O–H groups in total. The Bertz CT molecular complexity index is 172. The van der Waals surface area contributed by atoms with Crippen LogP contribution in [-0.4, -0.2) is 5.49 Å². The van der Waals surface area contributed by atoms with Gasteiger partial charge in [-0.3, -0.25) is 0 Å². The van der Waals surface area contributed by atoms with E-state index in [9.17, 15) is 0 Å². The Hall–Kier alpha value is -0.890. The Balaban J connectivity index is 0.000000236. The summed E-state index contributed by atoms with van der Waals surface area (Å²) in [7, 11) is 0. The van der Waals surface area contributed by atoms with Crippen molar-refractivity contribution in [2.24, 2.45) is 5.73 Å². The lowest BCUT2D eigenvalue weighted by Gasteiger charge is -1.82. The van der Waals surface area contributed by atoms with Gasteiger partial charge in [-0.2, -0.15) is 0 Å². The lowest BCUT2D eigenvalue weighted by atomic mass is 10.2. The highest BCUT2D eigenvalue weighted by molar-refractivity contribution is 7.78.